The molecule has 0 aliphatic carbocycles. The van der Waals surface area contributed by atoms with Gasteiger partial charge in [-0.3, -0.25) is 4.79 Å². The minimum absolute atomic E-state index is 0.102. The number of ether oxygens (including phenoxy) is 1. The fourth-order valence-corrected chi connectivity index (χ4v) is 4.68. The summed E-state index contributed by atoms with van der Waals surface area (Å²) < 4.78 is 55.2. The second kappa shape index (κ2) is 7.64. The van der Waals surface area contributed by atoms with E-state index in [1.165, 1.54) is 41.0 Å². The molecular weight excluding hydrogens is 452 g/mol. The molecule has 0 spiro atoms. The number of sulfone groups is 2. The number of rotatable bonds is 5. The van der Waals surface area contributed by atoms with E-state index in [2.05, 4.69) is 4.98 Å². The molecule has 0 bridgehead atoms. The highest BCUT2D eigenvalue weighted by molar-refractivity contribution is 7.91. The number of nitrogens with zero attached hydrogens (tertiary/aromatic N) is 1. The minimum atomic E-state index is -3.50. The largest absolute Gasteiger partial charge is 0.457 e. The first-order valence-electron chi connectivity index (χ1n) is 9.44. The van der Waals surface area contributed by atoms with Crippen LogP contribution in [0.1, 0.15) is 0 Å². The molecule has 4 rings (SSSR count). The van der Waals surface area contributed by atoms with Gasteiger partial charge in [-0.15, -0.1) is 0 Å². The lowest BCUT2D eigenvalue weighted by Gasteiger charge is -2.15. The summed E-state index contributed by atoms with van der Waals surface area (Å²) in [6, 6.07) is 12.1. The standard InChI is InChI=1S/C22H20N2O6S2/c1-24-13-19(17-10-11-23-21(17)22(24)25)18-12-16(32(3,28)29)8-9-20(18)30-14-4-6-15(7-5-14)31(2,26)27/h4-13,23H,1-3H3. The Morgan fingerprint density at radius 3 is 2.09 bits per heavy atom. The Morgan fingerprint density at radius 2 is 1.47 bits per heavy atom. The summed E-state index contributed by atoms with van der Waals surface area (Å²) in [6.45, 7) is 0. The van der Waals surface area contributed by atoms with Crippen LogP contribution in [0, 0.1) is 0 Å². The van der Waals surface area contributed by atoms with E-state index in [1.807, 2.05) is 0 Å². The molecule has 8 nitrogen and oxygen atoms in total. The van der Waals surface area contributed by atoms with Crippen LogP contribution in [0.5, 0.6) is 11.5 Å². The van der Waals surface area contributed by atoms with Crippen LogP contribution in [0.2, 0.25) is 0 Å². The number of fused-ring (bicyclic) bond motifs is 1. The highest BCUT2D eigenvalue weighted by Gasteiger charge is 2.18. The van der Waals surface area contributed by atoms with E-state index in [1.54, 1.807) is 31.6 Å². The average Bonchev–Trinajstić information content (AvgIpc) is 3.20. The van der Waals surface area contributed by atoms with E-state index in [0.717, 1.165) is 12.5 Å². The molecular formula is C22H20N2O6S2. The van der Waals surface area contributed by atoms with E-state index in [0.29, 0.717) is 33.5 Å². The zero-order valence-corrected chi connectivity index (χ0v) is 19.1. The summed E-state index contributed by atoms with van der Waals surface area (Å²) in [5, 5.41) is 0.621. The molecule has 0 amide bonds. The van der Waals surface area contributed by atoms with Crippen LogP contribution in [0.15, 0.2) is 75.5 Å². The van der Waals surface area contributed by atoms with Crippen LogP contribution in [-0.2, 0) is 26.7 Å². The van der Waals surface area contributed by atoms with E-state index >= 15 is 0 Å². The lowest BCUT2D eigenvalue weighted by Crippen LogP contribution is -2.16. The highest BCUT2D eigenvalue weighted by atomic mass is 32.2. The van der Waals surface area contributed by atoms with Crippen molar-refractivity contribution in [2.45, 2.75) is 9.79 Å². The van der Waals surface area contributed by atoms with Crippen LogP contribution in [-0.4, -0.2) is 38.9 Å². The predicted octanol–water partition coefficient (Wildman–Crippen LogP) is 3.13. The van der Waals surface area contributed by atoms with Crippen LogP contribution in [0.25, 0.3) is 22.0 Å². The molecule has 2 aromatic carbocycles. The van der Waals surface area contributed by atoms with Gasteiger partial charge >= 0.3 is 0 Å². The molecule has 0 radical (unpaired) electrons. The fraction of sp³-hybridized carbons (Fsp3) is 0.136. The van der Waals surface area contributed by atoms with Gasteiger partial charge in [-0.05, 0) is 48.5 Å². The van der Waals surface area contributed by atoms with Gasteiger partial charge in [0.15, 0.2) is 19.7 Å². The van der Waals surface area contributed by atoms with Crippen molar-refractivity contribution in [1.29, 1.82) is 0 Å². The average molecular weight is 473 g/mol. The zero-order valence-electron chi connectivity index (χ0n) is 17.5. The van der Waals surface area contributed by atoms with Gasteiger partial charge in [0.1, 0.15) is 17.0 Å². The lowest BCUT2D eigenvalue weighted by atomic mass is 10.0. The van der Waals surface area contributed by atoms with Crippen molar-refractivity contribution >= 4 is 30.6 Å². The summed E-state index contributed by atoms with van der Waals surface area (Å²) in [5.41, 5.74) is 1.25. The van der Waals surface area contributed by atoms with Gasteiger partial charge in [-0.25, -0.2) is 16.8 Å². The first kappa shape index (κ1) is 21.8. The number of benzene rings is 2. The third kappa shape index (κ3) is 4.06. The van der Waals surface area contributed by atoms with Gasteiger partial charge in [-0.2, -0.15) is 0 Å². The van der Waals surface area contributed by atoms with E-state index in [4.69, 9.17) is 4.74 Å². The number of aromatic nitrogens is 2. The Hall–Kier alpha value is -3.37. The summed E-state index contributed by atoms with van der Waals surface area (Å²) in [4.78, 5) is 15.6. The third-order valence-electron chi connectivity index (χ3n) is 5.04. The number of H-pyrrole nitrogens is 1. The Morgan fingerprint density at radius 1 is 0.844 bits per heavy atom. The van der Waals surface area contributed by atoms with Crippen molar-refractivity contribution in [3.63, 3.8) is 0 Å². The Bertz CT molecular complexity index is 1610. The van der Waals surface area contributed by atoms with Crippen LogP contribution in [0.4, 0.5) is 0 Å². The van der Waals surface area contributed by atoms with Crippen molar-refractivity contribution < 1.29 is 21.6 Å². The summed E-state index contributed by atoms with van der Waals surface area (Å²) in [6.07, 6.45) is 5.50. The van der Waals surface area contributed by atoms with Gasteiger partial charge in [0.05, 0.1) is 9.79 Å². The lowest BCUT2D eigenvalue weighted by molar-refractivity contribution is 0.483. The molecule has 4 aromatic rings. The second-order valence-electron chi connectivity index (χ2n) is 7.50. The number of aromatic amines is 1. The molecule has 32 heavy (non-hydrogen) atoms. The molecule has 10 heteroatoms. The maximum atomic E-state index is 12.4. The van der Waals surface area contributed by atoms with Gasteiger partial charge in [0.25, 0.3) is 5.56 Å². The molecule has 166 valence electrons. The van der Waals surface area contributed by atoms with Crippen molar-refractivity contribution in [1.82, 2.24) is 9.55 Å². The molecule has 0 atom stereocenters. The van der Waals surface area contributed by atoms with Gasteiger partial charge < -0.3 is 14.3 Å². The minimum Gasteiger partial charge on any atom is -0.457 e. The first-order valence-corrected chi connectivity index (χ1v) is 13.2. The van der Waals surface area contributed by atoms with E-state index < -0.39 is 19.7 Å². The molecule has 0 fully saturated rings. The maximum Gasteiger partial charge on any atom is 0.274 e. The number of aryl methyl sites for hydroxylation is 1. The summed E-state index contributed by atoms with van der Waals surface area (Å²) in [5.74, 6) is 0.728. The topological polar surface area (TPSA) is 115 Å². The monoisotopic (exact) mass is 472 g/mol. The number of pyridine rings is 1. The Kier molecular flexibility index (Phi) is 5.22. The number of nitrogens with one attached hydrogen (secondary N) is 1. The predicted molar refractivity (Wildman–Crippen MR) is 122 cm³/mol. The molecule has 0 aliphatic rings. The van der Waals surface area contributed by atoms with Crippen molar-refractivity contribution in [2.24, 2.45) is 7.05 Å². The number of hydrogen-bond donors (Lipinski definition) is 1. The van der Waals surface area contributed by atoms with E-state index in [-0.39, 0.29) is 15.4 Å². The smallest absolute Gasteiger partial charge is 0.274 e. The second-order valence-corrected chi connectivity index (χ2v) is 11.5. The molecule has 0 saturated heterocycles. The van der Waals surface area contributed by atoms with Crippen LogP contribution in [0.3, 0.4) is 0 Å². The first-order chi connectivity index (χ1) is 14.9. The number of hydrogen-bond acceptors (Lipinski definition) is 6. The molecule has 1 N–H and O–H groups in total. The normalized spacial score (nSPS) is 12.2. The Labute approximate surface area is 184 Å². The summed E-state index contributed by atoms with van der Waals surface area (Å²) in [7, 11) is -5.24. The fourth-order valence-electron chi connectivity index (χ4n) is 3.40. The zero-order chi connectivity index (χ0) is 23.3. The van der Waals surface area contributed by atoms with Crippen molar-refractivity contribution in [3.8, 4) is 22.6 Å². The molecule has 0 unspecified atom stereocenters. The third-order valence-corrected chi connectivity index (χ3v) is 7.28. The van der Waals surface area contributed by atoms with E-state index in [9.17, 15) is 21.6 Å². The molecule has 0 aliphatic heterocycles. The van der Waals surface area contributed by atoms with Gasteiger partial charge in [-0.1, -0.05) is 0 Å². The SMILES string of the molecule is Cn1cc(-c2cc(S(C)(=O)=O)ccc2Oc2ccc(S(C)(=O)=O)cc2)c2cc[nH]c2c1=O. The summed E-state index contributed by atoms with van der Waals surface area (Å²) >= 11 is 0. The molecule has 2 aromatic heterocycles. The van der Waals surface area contributed by atoms with Gasteiger partial charge in [0.2, 0.25) is 0 Å². The Balaban J connectivity index is 1.91. The molecule has 0 saturated carbocycles. The maximum absolute atomic E-state index is 12.4. The van der Waals surface area contributed by atoms with Crippen molar-refractivity contribution in [3.05, 3.63) is 71.3 Å². The quantitative estimate of drug-likeness (QED) is 0.477. The molecule has 2 heterocycles. The van der Waals surface area contributed by atoms with Crippen molar-refractivity contribution in [2.75, 3.05) is 12.5 Å². The van der Waals surface area contributed by atoms with Crippen LogP contribution < -0.4 is 10.3 Å². The van der Waals surface area contributed by atoms with Crippen LogP contribution >= 0.6 is 0 Å². The van der Waals surface area contributed by atoms with Gasteiger partial charge in [0, 0.05) is 48.5 Å². The highest BCUT2D eigenvalue weighted by Crippen LogP contribution is 2.38.